The van der Waals surface area contributed by atoms with Gasteiger partial charge in [0.25, 0.3) is 5.91 Å². The lowest BCUT2D eigenvalue weighted by atomic mass is 10.1. The van der Waals surface area contributed by atoms with Crippen LogP contribution in [0.1, 0.15) is 35.5 Å². The van der Waals surface area contributed by atoms with Crippen molar-refractivity contribution in [2.45, 2.75) is 38.8 Å². The van der Waals surface area contributed by atoms with Gasteiger partial charge >= 0.3 is 0 Å². The maximum absolute atomic E-state index is 12.5. The van der Waals surface area contributed by atoms with E-state index in [0.29, 0.717) is 12.2 Å². The van der Waals surface area contributed by atoms with Crippen molar-refractivity contribution in [3.8, 4) is 5.69 Å². The molecule has 25 heavy (non-hydrogen) atoms. The first-order valence-electron chi connectivity index (χ1n) is 8.44. The smallest absolute Gasteiger partial charge is 0.273 e. The summed E-state index contributed by atoms with van der Waals surface area (Å²) in [5.74, 6) is 1.75. The Labute approximate surface area is 144 Å². The van der Waals surface area contributed by atoms with E-state index in [0.717, 1.165) is 36.6 Å². The van der Waals surface area contributed by atoms with Crippen LogP contribution in [0.5, 0.6) is 0 Å². The van der Waals surface area contributed by atoms with Gasteiger partial charge in [0.15, 0.2) is 5.69 Å². The van der Waals surface area contributed by atoms with Gasteiger partial charge < -0.3 is 9.88 Å². The van der Waals surface area contributed by atoms with E-state index in [1.54, 1.807) is 10.9 Å². The van der Waals surface area contributed by atoms with Gasteiger partial charge in [-0.2, -0.15) is 0 Å². The molecule has 1 atom stereocenters. The lowest BCUT2D eigenvalue weighted by molar-refractivity contribution is 0.0922. The number of carbonyl (C=O) groups is 1. The molecular formula is C17H19N7O. The predicted octanol–water partition coefficient (Wildman–Crippen LogP) is 1.17. The molecule has 1 aromatic carbocycles. The number of nitrogens with zero attached hydrogens (tertiary/aromatic N) is 6. The Bertz CT molecular complexity index is 870. The third-order valence-corrected chi connectivity index (χ3v) is 4.42. The molecule has 0 unspecified atom stereocenters. The Morgan fingerprint density at radius 1 is 1.24 bits per heavy atom. The summed E-state index contributed by atoms with van der Waals surface area (Å²) in [6, 6.07) is 9.64. The van der Waals surface area contributed by atoms with Gasteiger partial charge in [-0.3, -0.25) is 4.79 Å². The first-order chi connectivity index (χ1) is 12.2. The van der Waals surface area contributed by atoms with E-state index in [1.165, 1.54) is 0 Å². The lowest BCUT2D eigenvalue weighted by Gasteiger charge is -2.24. The summed E-state index contributed by atoms with van der Waals surface area (Å²) < 4.78 is 3.71. The molecule has 8 nitrogen and oxygen atoms in total. The zero-order valence-electron chi connectivity index (χ0n) is 14.0. The van der Waals surface area contributed by atoms with E-state index in [9.17, 15) is 4.79 Å². The molecule has 3 aromatic rings. The lowest BCUT2D eigenvalue weighted by Crippen LogP contribution is -2.41. The van der Waals surface area contributed by atoms with E-state index in [2.05, 4.69) is 37.3 Å². The minimum Gasteiger partial charge on any atom is -0.346 e. The number of benzene rings is 1. The van der Waals surface area contributed by atoms with E-state index in [-0.39, 0.29) is 11.9 Å². The van der Waals surface area contributed by atoms with E-state index in [1.807, 2.05) is 30.3 Å². The zero-order valence-corrected chi connectivity index (χ0v) is 14.0. The highest BCUT2D eigenvalue weighted by Gasteiger charge is 2.24. The van der Waals surface area contributed by atoms with Crippen LogP contribution in [-0.4, -0.2) is 41.7 Å². The molecule has 0 fully saturated rings. The van der Waals surface area contributed by atoms with Gasteiger partial charge in [0.2, 0.25) is 0 Å². The minimum atomic E-state index is -0.207. The van der Waals surface area contributed by atoms with Gasteiger partial charge in [-0.05, 0) is 18.6 Å². The zero-order chi connectivity index (χ0) is 17.2. The van der Waals surface area contributed by atoms with E-state index >= 15 is 0 Å². The van der Waals surface area contributed by atoms with Gasteiger partial charge in [0.05, 0.1) is 11.9 Å². The maximum atomic E-state index is 12.5. The number of carbonyl (C=O) groups excluding carboxylic acids is 1. The number of amides is 1. The summed E-state index contributed by atoms with van der Waals surface area (Å²) in [7, 11) is 0. The Balaban J connectivity index is 1.45. The molecule has 1 aliphatic rings. The summed E-state index contributed by atoms with van der Waals surface area (Å²) in [4.78, 5) is 12.5. The fourth-order valence-corrected chi connectivity index (χ4v) is 3.10. The average molecular weight is 337 g/mol. The van der Waals surface area contributed by atoms with Gasteiger partial charge in [-0.1, -0.05) is 30.3 Å². The maximum Gasteiger partial charge on any atom is 0.273 e. The van der Waals surface area contributed by atoms with Crippen LogP contribution in [0, 0.1) is 0 Å². The largest absolute Gasteiger partial charge is 0.346 e. The molecule has 4 rings (SSSR count). The van der Waals surface area contributed by atoms with E-state index < -0.39 is 0 Å². The minimum absolute atomic E-state index is 0.0446. The molecule has 1 aliphatic heterocycles. The molecule has 0 bridgehead atoms. The van der Waals surface area contributed by atoms with Crippen molar-refractivity contribution in [1.82, 2.24) is 35.1 Å². The van der Waals surface area contributed by atoms with Crippen LogP contribution in [0.15, 0.2) is 36.5 Å². The Kier molecular flexibility index (Phi) is 4.01. The Morgan fingerprint density at radius 3 is 2.88 bits per heavy atom. The number of aromatic nitrogens is 6. The molecule has 0 spiro atoms. The highest BCUT2D eigenvalue weighted by molar-refractivity contribution is 5.92. The average Bonchev–Trinajstić information content (AvgIpc) is 3.29. The number of rotatable bonds is 4. The van der Waals surface area contributed by atoms with Crippen LogP contribution in [0.25, 0.3) is 5.69 Å². The summed E-state index contributed by atoms with van der Waals surface area (Å²) in [6.45, 7) is 2.76. The van der Waals surface area contributed by atoms with Gasteiger partial charge in [-0.15, -0.1) is 15.3 Å². The van der Waals surface area contributed by atoms with Gasteiger partial charge in [-0.25, -0.2) is 4.68 Å². The molecule has 128 valence electrons. The van der Waals surface area contributed by atoms with Crippen LogP contribution in [-0.2, 0) is 19.4 Å². The highest BCUT2D eigenvalue weighted by Crippen LogP contribution is 2.16. The molecule has 3 heterocycles. The van der Waals surface area contributed by atoms with Crippen molar-refractivity contribution in [3.05, 3.63) is 53.9 Å². The molecule has 0 aliphatic carbocycles. The Morgan fingerprint density at radius 2 is 2.08 bits per heavy atom. The van der Waals surface area contributed by atoms with Crippen LogP contribution < -0.4 is 5.32 Å². The molecule has 1 N–H and O–H groups in total. The second-order valence-electron chi connectivity index (χ2n) is 6.09. The number of para-hydroxylation sites is 1. The van der Waals surface area contributed by atoms with Crippen LogP contribution in [0.4, 0.5) is 0 Å². The van der Waals surface area contributed by atoms with Crippen molar-refractivity contribution in [2.24, 2.45) is 0 Å². The number of hydrogen-bond acceptors (Lipinski definition) is 5. The number of hydrogen-bond donors (Lipinski definition) is 1. The van der Waals surface area contributed by atoms with Crippen molar-refractivity contribution < 1.29 is 4.79 Å². The van der Waals surface area contributed by atoms with Crippen LogP contribution >= 0.6 is 0 Å². The fraction of sp³-hybridized carbons (Fsp3) is 0.353. The summed E-state index contributed by atoms with van der Waals surface area (Å²) in [6.07, 6.45) is 4.14. The summed E-state index contributed by atoms with van der Waals surface area (Å²) in [5.41, 5.74) is 1.18. The van der Waals surface area contributed by atoms with Crippen molar-refractivity contribution in [2.75, 3.05) is 0 Å². The standard InChI is InChI=1S/C17H19N7O/c1-2-15-20-21-16-9-8-12(10-23(15)16)18-17(25)14-11-24(22-19-14)13-6-4-3-5-7-13/h3-7,11-12H,2,8-10H2,1H3,(H,18,25)/t12-/m1/s1. The number of fused-ring (bicyclic) bond motifs is 1. The first-order valence-corrected chi connectivity index (χ1v) is 8.44. The second kappa shape index (κ2) is 6.46. The van der Waals surface area contributed by atoms with Crippen molar-refractivity contribution in [3.63, 3.8) is 0 Å². The van der Waals surface area contributed by atoms with Crippen molar-refractivity contribution in [1.29, 1.82) is 0 Å². The first kappa shape index (κ1) is 15.5. The van der Waals surface area contributed by atoms with Crippen LogP contribution in [0.3, 0.4) is 0 Å². The van der Waals surface area contributed by atoms with Gasteiger partial charge in [0, 0.05) is 25.4 Å². The van der Waals surface area contributed by atoms with E-state index in [4.69, 9.17) is 0 Å². The second-order valence-corrected chi connectivity index (χ2v) is 6.09. The summed E-state index contributed by atoms with van der Waals surface area (Å²) >= 11 is 0. The highest BCUT2D eigenvalue weighted by atomic mass is 16.2. The molecule has 8 heteroatoms. The Hall–Kier alpha value is -3.03. The van der Waals surface area contributed by atoms with Crippen LogP contribution in [0.2, 0.25) is 0 Å². The SMILES string of the molecule is CCc1nnc2n1C[C@H](NC(=O)c1cn(-c3ccccc3)nn1)CC2. The third kappa shape index (κ3) is 3.02. The summed E-state index contributed by atoms with van der Waals surface area (Å²) in [5, 5.41) is 19.5. The quantitative estimate of drug-likeness (QED) is 0.772. The molecule has 0 saturated carbocycles. The third-order valence-electron chi connectivity index (χ3n) is 4.42. The molecular weight excluding hydrogens is 318 g/mol. The fourth-order valence-electron chi connectivity index (χ4n) is 3.10. The van der Waals surface area contributed by atoms with Crippen molar-refractivity contribution >= 4 is 5.91 Å². The monoisotopic (exact) mass is 337 g/mol. The number of aryl methyl sites for hydroxylation is 2. The normalized spacial score (nSPS) is 16.4. The molecule has 0 radical (unpaired) electrons. The molecule has 1 amide bonds. The predicted molar refractivity (Wildman–Crippen MR) is 90.3 cm³/mol. The van der Waals surface area contributed by atoms with Gasteiger partial charge in [0.1, 0.15) is 11.6 Å². The molecule has 0 saturated heterocycles. The molecule has 2 aromatic heterocycles. The topological polar surface area (TPSA) is 90.5 Å². The number of nitrogens with one attached hydrogen (secondary N) is 1.